The minimum atomic E-state index is -0.558. The van der Waals surface area contributed by atoms with Gasteiger partial charge in [0.2, 0.25) is 0 Å². The van der Waals surface area contributed by atoms with Gasteiger partial charge in [-0.25, -0.2) is 9.37 Å². The van der Waals surface area contributed by atoms with Crippen LogP contribution in [0, 0.1) is 5.82 Å². The Hall–Kier alpha value is -1.95. The van der Waals surface area contributed by atoms with Crippen LogP contribution in [0.2, 0.25) is 0 Å². The Morgan fingerprint density at radius 2 is 2.33 bits per heavy atom. The van der Waals surface area contributed by atoms with Gasteiger partial charge in [0.1, 0.15) is 11.6 Å². The van der Waals surface area contributed by atoms with E-state index < -0.39 is 11.7 Å². The summed E-state index contributed by atoms with van der Waals surface area (Å²) in [4.78, 5) is 15.8. The number of halogens is 1. The smallest absolute Gasteiger partial charge is 0.255 e. The summed E-state index contributed by atoms with van der Waals surface area (Å²) in [5.41, 5.74) is -0.0610. The maximum atomic E-state index is 13.0. The second kappa shape index (κ2) is 5.59. The lowest BCUT2D eigenvalue weighted by atomic mass is 10.2. The lowest BCUT2D eigenvalue weighted by molar-refractivity contribution is 0.0951. The summed E-state index contributed by atoms with van der Waals surface area (Å²) in [6.07, 6.45) is 2.31. The third-order valence-corrected chi connectivity index (χ3v) is 3.15. The Bertz CT molecular complexity index is 543. The van der Waals surface area contributed by atoms with Crippen LogP contribution < -0.4 is 5.32 Å². The number of aromatic hydroxyl groups is 1. The number of hydrogen-bond acceptors (Lipinski definition) is 4. The van der Waals surface area contributed by atoms with Crippen LogP contribution in [0.3, 0.4) is 0 Å². The van der Waals surface area contributed by atoms with Crippen LogP contribution in [-0.2, 0) is 6.42 Å². The van der Waals surface area contributed by atoms with Crippen LogP contribution in [0.1, 0.15) is 15.4 Å². The Morgan fingerprint density at radius 1 is 1.50 bits per heavy atom. The maximum Gasteiger partial charge on any atom is 0.255 e. The number of phenolic OH excluding ortho intramolecular Hbond substituents is 1. The van der Waals surface area contributed by atoms with Crippen molar-refractivity contribution in [3.63, 3.8) is 0 Å². The lowest BCUT2D eigenvalue weighted by Gasteiger charge is -2.05. The molecule has 0 bridgehead atoms. The van der Waals surface area contributed by atoms with Crippen LogP contribution in [0.15, 0.2) is 29.8 Å². The highest BCUT2D eigenvalue weighted by molar-refractivity contribution is 7.09. The first-order valence-electron chi connectivity index (χ1n) is 5.32. The number of carbonyl (C=O) groups excluding carboxylic acids is 1. The highest BCUT2D eigenvalue weighted by Crippen LogP contribution is 2.17. The molecule has 0 saturated heterocycles. The van der Waals surface area contributed by atoms with Gasteiger partial charge in [0.05, 0.1) is 10.6 Å². The fourth-order valence-corrected chi connectivity index (χ4v) is 2.07. The molecule has 94 valence electrons. The van der Waals surface area contributed by atoms with Crippen molar-refractivity contribution < 1.29 is 14.3 Å². The highest BCUT2D eigenvalue weighted by Gasteiger charge is 2.11. The van der Waals surface area contributed by atoms with Gasteiger partial charge in [0.15, 0.2) is 0 Å². The molecular formula is C12H11FN2O2S. The van der Waals surface area contributed by atoms with Gasteiger partial charge in [-0.2, -0.15) is 0 Å². The predicted octanol–water partition coefficient (Wildman–Crippen LogP) is 1.96. The minimum absolute atomic E-state index is 0.0610. The van der Waals surface area contributed by atoms with E-state index >= 15 is 0 Å². The largest absolute Gasteiger partial charge is 0.507 e. The molecule has 0 saturated carbocycles. The monoisotopic (exact) mass is 266 g/mol. The van der Waals surface area contributed by atoms with Crippen LogP contribution >= 0.6 is 11.3 Å². The van der Waals surface area contributed by atoms with Crippen molar-refractivity contribution in [3.05, 3.63) is 46.2 Å². The number of aromatic nitrogens is 1. The minimum Gasteiger partial charge on any atom is -0.507 e. The molecule has 0 aliphatic rings. The number of amides is 1. The Balaban J connectivity index is 1.93. The fraction of sp³-hybridized carbons (Fsp3) is 0.167. The zero-order chi connectivity index (χ0) is 13.0. The molecule has 0 unspecified atom stereocenters. The zero-order valence-corrected chi connectivity index (χ0v) is 10.2. The molecule has 0 radical (unpaired) electrons. The SMILES string of the molecule is O=C(NCCc1nccs1)c1cc(F)ccc1O. The summed E-state index contributed by atoms with van der Waals surface area (Å²) in [5.74, 6) is -1.29. The molecule has 1 aromatic heterocycles. The topological polar surface area (TPSA) is 62.2 Å². The third-order valence-electron chi connectivity index (χ3n) is 2.31. The molecule has 1 heterocycles. The molecule has 1 amide bonds. The molecule has 0 spiro atoms. The second-order valence-electron chi connectivity index (χ2n) is 3.59. The number of benzene rings is 1. The van der Waals surface area contributed by atoms with Crippen molar-refractivity contribution >= 4 is 17.2 Å². The molecule has 6 heteroatoms. The van der Waals surface area contributed by atoms with Gasteiger partial charge in [-0.05, 0) is 18.2 Å². The molecule has 0 atom stereocenters. The number of phenols is 1. The maximum absolute atomic E-state index is 13.0. The van der Waals surface area contributed by atoms with Crippen molar-refractivity contribution in [2.75, 3.05) is 6.54 Å². The number of nitrogens with one attached hydrogen (secondary N) is 1. The van der Waals surface area contributed by atoms with Crippen molar-refractivity contribution in [1.29, 1.82) is 0 Å². The average molecular weight is 266 g/mol. The first-order chi connectivity index (χ1) is 8.66. The van der Waals surface area contributed by atoms with E-state index in [1.807, 2.05) is 5.38 Å². The van der Waals surface area contributed by atoms with Crippen LogP contribution in [0.4, 0.5) is 4.39 Å². The number of hydrogen-bond donors (Lipinski definition) is 2. The Kier molecular flexibility index (Phi) is 3.88. The summed E-state index contributed by atoms with van der Waals surface area (Å²) in [5, 5.41) is 14.8. The Labute approximate surface area is 107 Å². The molecule has 18 heavy (non-hydrogen) atoms. The molecule has 0 aliphatic heterocycles. The van der Waals surface area contributed by atoms with E-state index in [2.05, 4.69) is 10.3 Å². The van der Waals surface area contributed by atoms with Gasteiger partial charge in [-0.15, -0.1) is 11.3 Å². The summed E-state index contributed by atoms with van der Waals surface area (Å²) >= 11 is 1.50. The number of thiazole rings is 1. The summed E-state index contributed by atoms with van der Waals surface area (Å²) in [6, 6.07) is 3.26. The van der Waals surface area contributed by atoms with Crippen molar-refractivity contribution in [2.24, 2.45) is 0 Å². The fourth-order valence-electron chi connectivity index (χ4n) is 1.44. The molecule has 4 nitrogen and oxygen atoms in total. The van der Waals surface area contributed by atoms with E-state index in [9.17, 15) is 14.3 Å². The van der Waals surface area contributed by atoms with Gasteiger partial charge < -0.3 is 10.4 Å². The molecule has 0 fully saturated rings. The van der Waals surface area contributed by atoms with Crippen LogP contribution in [0.5, 0.6) is 5.75 Å². The second-order valence-corrected chi connectivity index (χ2v) is 4.57. The van der Waals surface area contributed by atoms with Crippen molar-refractivity contribution in [1.82, 2.24) is 10.3 Å². The van der Waals surface area contributed by atoms with E-state index in [0.717, 1.165) is 23.2 Å². The van der Waals surface area contributed by atoms with E-state index in [-0.39, 0.29) is 11.3 Å². The molecule has 2 N–H and O–H groups in total. The number of carbonyl (C=O) groups is 1. The first kappa shape index (κ1) is 12.5. The highest BCUT2D eigenvalue weighted by atomic mass is 32.1. The predicted molar refractivity (Wildman–Crippen MR) is 66.2 cm³/mol. The average Bonchev–Trinajstić information content (AvgIpc) is 2.85. The van der Waals surface area contributed by atoms with Gasteiger partial charge in [-0.1, -0.05) is 0 Å². The van der Waals surface area contributed by atoms with Gasteiger partial charge in [0, 0.05) is 24.5 Å². The molecule has 1 aromatic carbocycles. The normalized spacial score (nSPS) is 10.3. The molecule has 2 aromatic rings. The van der Waals surface area contributed by atoms with E-state index in [4.69, 9.17) is 0 Å². The van der Waals surface area contributed by atoms with Gasteiger partial charge in [-0.3, -0.25) is 4.79 Å². The third kappa shape index (κ3) is 3.04. The number of rotatable bonds is 4. The van der Waals surface area contributed by atoms with Crippen molar-refractivity contribution in [3.8, 4) is 5.75 Å². The lowest BCUT2D eigenvalue weighted by Crippen LogP contribution is -2.25. The summed E-state index contributed by atoms with van der Waals surface area (Å²) in [7, 11) is 0. The Morgan fingerprint density at radius 3 is 3.06 bits per heavy atom. The van der Waals surface area contributed by atoms with Crippen LogP contribution in [-0.4, -0.2) is 22.5 Å². The number of nitrogens with zero attached hydrogens (tertiary/aromatic N) is 1. The van der Waals surface area contributed by atoms with E-state index in [1.165, 1.54) is 11.3 Å². The zero-order valence-electron chi connectivity index (χ0n) is 9.39. The van der Waals surface area contributed by atoms with Crippen LogP contribution in [0.25, 0.3) is 0 Å². The standard InChI is InChI=1S/C12H11FN2O2S/c13-8-1-2-10(16)9(7-8)12(17)15-4-3-11-14-5-6-18-11/h1-2,5-7,16H,3-4H2,(H,15,17). The summed E-state index contributed by atoms with van der Waals surface area (Å²) < 4.78 is 13.0. The quantitative estimate of drug-likeness (QED) is 0.889. The van der Waals surface area contributed by atoms with Gasteiger partial charge >= 0.3 is 0 Å². The molecule has 2 rings (SSSR count). The first-order valence-corrected chi connectivity index (χ1v) is 6.20. The van der Waals surface area contributed by atoms with Gasteiger partial charge in [0.25, 0.3) is 5.91 Å². The summed E-state index contributed by atoms with van der Waals surface area (Å²) in [6.45, 7) is 0.391. The molecule has 0 aliphatic carbocycles. The van der Waals surface area contributed by atoms with Crippen molar-refractivity contribution in [2.45, 2.75) is 6.42 Å². The molecular weight excluding hydrogens is 255 g/mol. The van der Waals surface area contributed by atoms with E-state index in [0.29, 0.717) is 13.0 Å². The van der Waals surface area contributed by atoms with E-state index in [1.54, 1.807) is 6.20 Å².